The third kappa shape index (κ3) is 2.36. The Hall–Kier alpha value is -0.390. The molecule has 0 radical (unpaired) electrons. The first-order chi connectivity index (χ1) is 8.78. The molecule has 18 heavy (non-hydrogen) atoms. The lowest BCUT2D eigenvalue weighted by atomic mass is 10.2. The van der Waals surface area contributed by atoms with Crippen molar-refractivity contribution in [3.05, 3.63) is 43.7 Å². The van der Waals surface area contributed by atoms with Gasteiger partial charge in [0, 0.05) is 19.2 Å². The molecule has 0 aliphatic carbocycles. The molecule has 0 saturated carbocycles. The summed E-state index contributed by atoms with van der Waals surface area (Å²) in [5.41, 5.74) is 0. The van der Waals surface area contributed by atoms with Crippen LogP contribution in [0.5, 0.6) is 0 Å². The molecule has 3 heterocycles. The van der Waals surface area contributed by atoms with E-state index in [1.165, 1.54) is 19.2 Å². The first-order valence-corrected chi connectivity index (χ1v) is 8.62. The van der Waals surface area contributed by atoms with Crippen molar-refractivity contribution < 1.29 is 0 Å². The fourth-order valence-corrected chi connectivity index (χ4v) is 5.40. The highest BCUT2D eigenvalue weighted by molar-refractivity contribution is 7.27. The molecule has 1 atom stereocenters. The van der Waals surface area contributed by atoms with Gasteiger partial charge in [-0.15, -0.1) is 34.0 Å². The summed E-state index contributed by atoms with van der Waals surface area (Å²) < 4.78 is 3.60. The molecule has 1 N–H and O–H groups in total. The van der Waals surface area contributed by atoms with Gasteiger partial charge in [0.15, 0.2) is 0 Å². The molecule has 0 bridgehead atoms. The molecule has 1 unspecified atom stereocenters. The lowest BCUT2D eigenvalue weighted by Gasteiger charge is -2.14. The van der Waals surface area contributed by atoms with Crippen LogP contribution in [-0.2, 0) is 0 Å². The summed E-state index contributed by atoms with van der Waals surface area (Å²) in [6.45, 7) is 3.09. The molecule has 5 heteroatoms. The highest BCUT2D eigenvalue weighted by atomic mass is 35.5. The Bertz CT molecular complexity index is 623. The maximum Gasteiger partial charge on any atom is 0.0931 e. The molecule has 0 aromatic carbocycles. The van der Waals surface area contributed by atoms with E-state index in [1.807, 2.05) is 17.4 Å². The van der Waals surface area contributed by atoms with Gasteiger partial charge in [-0.25, -0.2) is 0 Å². The molecule has 1 nitrogen and oxygen atoms in total. The molecular weight excluding hydrogens is 302 g/mol. The summed E-state index contributed by atoms with van der Waals surface area (Å²) in [4.78, 5) is 2.66. The van der Waals surface area contributed by atoms with Gasteiger partial charge in [-0.1, -0.05) is 18.5 Å². The second-order valence-corrected chi connectivity index (χ2v) is 7.74. The monoisotopic (exact) mass is 313 g/mol. The van der Waals surface area contributed by atoms with E-state index in [4.69, 9.17) is 11.6 Å². The zero-order valence-corrected chi connectivity index (χ0v) is 13.0. The molecule has 0 saturated heterocycles. The van der Waals surface area contributed by atoms with E-state index >= 15 is 0 Å². The van der Waals surface area contributed by atoms with Crippen LogP contribution in [0, 0.1) is 0 Å². The molecule has 0 aliphatic heterocycles. The molecule has 0 aliphatic rings. The van der Waals surface area contributed by atoms with Crippen LogP contribution in [0.3, 0.4) is 0 Å². The van der Waals surface area contributed by atoms with E-state index in [1.54, 1.807) is 22.7 Å². The van der Waals surface area contributed by atoms with E-state index < -0.39 is 0 Å². The molecule has 0 amide bonds. The predicted octanol–water partition coefficient (Wildman–Crippen LogP) is 5.38. The quantitative estimate of drug-likeness (QED) is 0.682. The summed E-state index contributed by atoms with van der Waals surface area (Å²) in [5, 5.41) is 5.69. The van der Waals surface area contributed by atoms with Gasteiger partial charge in [-0.05, 0) is 36.2 Å². The van der Waals surface area contributed by atoms with Crippen LogP contribution in [0.2, 0.25) is 4.34 Å². The Morgan fingerprint density at radius 1 is 1.17 bits per heavy atom. The van der Waals surface area contributed by atoms with Crippen molar-refractivity contribution in [2.75, 3.05) is 6.54 Å². The number of thiophene rings is 3. The third-order valence-electron chi connectivity index (χ3n) is 2.73. The molecule has 0 spiro atoms. The minimum atomic E-state index is 0.275. The number of halogens is 1. The van der Waals surface area contributed by atoms with Crippen molar-refractivity contribution in [2.45, 2.75) is 13.0 Å². The van der Waals surface area contributed by atoms with E-state index in [0.29, 0.717) is 0 Å². The number of nitrogens with one attached hydrogen (secondary N) is 1. The smallest absolute Gasteiger partial charge is 0.0931 e. The number of fused-ring (bicyclic) bond motifs is 1. The van der Waals surface area contributed by atoms with Crippen molar-refractivity contribution in [1.29, 1.82) is 0 Å². The van der Waals surface area contributed by atoms with E-state index in [9.17, 15) is 0 Å². The lowest BCUT2D eigenvalue weighted by molar-refractivity contribution is 0.649. The van der Waals surface area contributed by atoms with Gasteiger partial charge >= 0.3 is 0 Å². The Labute approximate surface area is 123 Å². The molecule has 3 aromatic heterocycles. The summed E-state index contributed by atoms with van der Waals surface area (Å²) in [6, 6.07) is 8.86. The van der Waals surface area contributed by atoms with Gasteiger partial charge in [0.2, 0.25) is 0 Å². The topological polar surface area (TPSA) is 12.0 Å². The summed E-state index contributed by atoms with van der Waals surface area (Å²) in [6.07, 6.45) is 0. The van der Waals surface area contributed by atoms with Crippen molar-refractivity contribution in [1.82, 2.24) is 5.32 Å². The Kier molecular flexibility index (Phi) is 3.73. The van der Waals surface area contributed by atoms with Gasteiger partial charge in [-0.3, -0.25) is 0 Å². The first kappa shape index (κ1) is 12.6. The van der Waals surface area contributed by atoms with Crippen LogP contribution >= 0.6 is 45.6 Å². The zero-order valence-electron chi connectivity index (χ0n) is 9.77. The fourth-order valence-electron chi connectivity index (χ4n) is 1.96. The number of hydrogen-bond donors (Lipinski definition) is 1. The van der Waals surface area contributed by atoms with Gasteiger partial charge < -0.3 is 5.32 Å². The maximum absolute atomic E-state index is 6.05. The van der Waals surface area contributed by atoms with Crippen LogP contribution in [0.1, 0.15) is 22.7 Å². The normalized spacial score (nSPS) is 13.2. The molecule has 94 valence electrons. The van der Waals surface area contributed by atoms with Gasteiger partial charge in [0.25, 0.3) is 0 Å². The Morgan fingerprint density at radius 3 is 2.72 bits per heavy atom. The SMILES string of the molecule is CCNC(c1ccc(Cl)s1)c1cc2sccc2s1. The molecular formula is C13H12ClNS3. The van der Waals surface area contributed by atoms with Crippen molar-refractivity contribution >= 4 is 55.0 Å². The maximum atomic E-state index is 6.05. The summed E-state index contributed by atoms with van der Waals surface area (Å²) in [7, 11) is 0. The minimum Gasteiger partial charge on any atom is -0.305 e. The van der Waals surface area contributed by atoms with Crippen LogP contribution in [0.25, 0.3) is 9.40 Å². The van der Waals surface area contributed by atoms with Crippen LogP contribution in [0.4, 0.5) is 0 Å². The number of hydrogen-bond acceptors (Lipinski definition) is 4. The van der Waals surface area contributed by atoms with Crippen LogP contribution in [0.15, 0.2) is 29.6 Å². The second kappa shape index (κ2) is 5.31. The van der Waals surface area contributed by atoms with Crippen LogP contribution in [-0.4, -0.2) is 6.54 Å². The van der Waals surface area contributed by atoms with Crippen molar-refractivity contribution in [2.24, 2.45) is 0 Å². The number of rotatable bonds is 4. The van der Waals surface area contributed by atoms with E-state index in [0.717, 1.165) is 10.9 Å². The first-order valence-electron chi connectivity index (χ1n) is 5.73. The average Bonchev–Trinajstić information content (AvgIpc) is 3.00. The lowest BCUT2D eigenvalue weighted by Crippen LogP contribution is -2.19. The highest BCUT2D eigenvalue weighted by Gasteiger charge is 2.18. The van der Waals surface area contributed by atoms with Gasteiger partial charge in [-0.2, -0.15) is 0 Å². The van der Waals surface area contributed by atoms with Crippen molar-refractivity contribution in [3.63, 3.8) is 0 Å². The summed E-state index contributed by atoms with van der Waals surface area (Å²) in [5.74, 6) is 0. The van der Waals surface area contributed by atoms with Crippen molar-refractivity contribution in [3.8, 4) is 0 Å². The Morgan fingerprint density at radius 2 is 2.06 bits per heavy atom. The average molecular weight is 314 g/mol. The third-order valence-corrected chi connectivity index (χ3v) is 6.18. The molecule has 3 aromatic rings. The van der Waals surface area contributed by atoms with Gasteiger partial charge in [0.1, 0.15) is 0 Å². The Balaban J connectivity index is 2.00. The van der Waals surface area contributed by atoms with Gasteiger partial charge in [0.05, 0.1) is 10.4 Å². The van der Waals surface area contributed by atoms with Crippen LogP contribution < -0.4 is 5.32 Å². The van der Waals surface area contributed by atoms with E-state index in [2.05, 4.69) is 35.8 Å². The molecule has 3 rings (SSSR count). The summed E-state index contributed by atoms with van der Waals surface area (Å²) >= 11 is 11.4. The zero-order chi connectivity index (χ0) is 12.5. The fraction of sp³-hybridized carbons (Fsp3) is 0.231. The van der Waals surface area contributed by atoms with E-state index in [-0.39, 0.29) is 6.04 Å². The highest BCUT2D eigenvalue weighted by Crippen LogP contribution is 2.38. The molecule has 0 fully saturated rings. The largest absolute Gasteiger partial charge is 0.305 e. The second-order valence-electron chi connectivity index (χ2n) is 3.93. The predicted molar refractivity (Wildman–Crippen MR) is 84.6 cm³/mol. The minimum absolute atomic E-state index is 0.275. The standard InChI is InChI=1S/C13H12ClNS3/c1-2-15-13(9-3-4-12(14)18-9)11-7-10-8(17-11)5-6-16-10/h3-7,13,15H,2H2,1H3.